The van der Waals surface area contributed by atoms with Crippen molar-refractivity contribution < 1.29 is 19.4 Å². The molecule has 0 bridgehead atoms. The molecular formula is C44H78O4. The van der Waals surface area contributed by atoms with Crippen LogP contribution in [-0.2, 0) is 14.3 Å². The van der Waals surface area contributed by atoms with Crippen molar-refractivity contribution in [2.24, 2.45) is 0 Å². The van der Waals surface area contributed by atoms with Crippen LogP contribution in [0.5, 0.6) is 0 Å². The Balaban J connectivity index is 3.46. The van der Waals surface area contributed by atoms with Crippen LogP contribution >= 0.6 is 0 Å². The Morgan fingerprint density at radius 1 is 0.521 bits per heavy atom. The average Bonchev–Trinajstić information content (AvgIpc) is 3.09. The molecule has 0 aliphatic heterocycles. The number of carbonyl (C=O) groups excluding carboxylic acids is 1. The average molecular weight is 671 g/mol. The molecule has 0 aliphatic carbocycles. The van der Waals surface area contributed by atoms with Gasteiger partial charge in [0.1, 0.15) is 6.10 Å². The molecule has 0 aromatic rings. The van der Waals surface area contributed by atoms with Gasteiger partial charge in [-0.1, -0.05) is 164 Å². The number of hydrogen-bond donors (Lipinski definition) is 1. The van der Waals surface area contributed by atoms with E-state index in [1.54, 1.807) is 0 Å². The third-order valence-corrected chi connectivity index (χ3v) is 8.58. The van der Waals surface area contributed by atoms with E-state index < -0.39 is 6.10 Å². The van der Waals surface area contributed by atoms with Crippen molar-refractivity contribution in [3.63, 3.8) is 0 Å². The first kappa shape index (κ1) is 46.1. The predicted octanol–water partition coefficient (Wildman–Crippen LogP) is 13.3. The van der Waals surface area contributed by atoms with Gasteiger partial charge < -0.3 is 14.6 Å². The van der Waals surface area contributed by atoms with Gasteiger partial charge in [0, 0.05) is 13.0 Å². The summed E-state index contributed by atoms with van der Waals surface area (Å²) in [4.78, 5) is 12.2. The van der Waals surface area contributed by atoms with E-state index in [1.807, 2.05) is 0 Å². The van der Waals surface area contributed by atoms with Gasteiger partial charge in [-0.2, -0.15) is 0 Å². The van der Waals surface area contributed by atoms with Gasteiger partial charge in [-0.3, -0.25) is 4.79 Å². The number of carbonyl (C=O) groups is 1. The lowest BCUT2D eigenvalue weighted by atomic mass is 10.0. The van der Waals surface area contributed by atoms with Crippen molar-refractivity contribution in [1.29, 1.82) is 0 Å². The Kier molecular flexibility index (Phi) is 39.6. The normalized spacial score (nSPS) is 13.0. The van der Waals surface area contributed by atoms with Crippen molar-refractivity contribution in [3.8, 4) is 0 Å². The van der Waals surface area contributed by atoms with Crippen LogP contribution in [0.1, 0.15) is 187 Å². The Morgan fingerprint density at radius 3 is 1.44 bits per heavy atom. The first-order valence-electron chi connectivity index (χ1n) is 20.4. The maximum Gasteiger partial charge on any atom is 0.306 e. The van der Waals surface area contributed by atoms with E-state index in [2.05, 4.69) is 74.6 Å². The molecule has 0 radical (unpaired) electrons. The summed E-state index contributed by atoms with van der Waals surface area (Å²) in [6, 6.07) is 0. The molecule has 0 aliphatic rings. The molecule has 0 amide bonds. The first-order valence-corrected chi connectivity index (χ1v) is 20.4. The largest absolute Gasteiger partial charge is 0.457 e. The number of allylic oxidation sites excluding steroid dienone is 10. The zero-order chi connectivity index (χ0) is 34.9. The number of esters is 1. The van der Waals surface area contributed by atoms with Crippen LogP contribution in [0.2, 0.25) is 0 Å². The van der Waals surface area contributed by atoms with Crippen LogP contribution in [0.15, 0.2) is 60.8 Å². The molecule has 1 unspecified atom stereocenters. The number of aliphatic hydroxyl groups excluding tert-OH is 1. The summed E-state index contributed by atoms with van der Waals surface area (Å²) >= 11 is 0. The van der Waals surface area contributed by atoms with E-state index >= 15 is 0 Å². The number of aliphatic hydroxyl groups is 1. The van der Waals surface area contributed by atoms with Gasteiger partial charge in [0.2, 0.25) is 0 Å². The Bertz CT molecular complexity index is 794. The van der Waals surface area contributed by atoms with Gasteiger partial charge in [0.05, 0.1) is 13.2 Å². The summed E-state index contributed by atoms with van der Waals surface area (Å²) in [6.45, 7) is 5.20. The van der Waals surface area contributed by atoms with Gasteiger partial charge in [-0.05, 0) is 77.0 Å². The SMILES string of the molecule is CC/C=C\C/C=C\C/C=C\C/C=C\CCCCCCCCCCCCC(=O)OC(CO)COCCCCCCCC/C=C\CCCCC. The second-order valence-corrected chi connectivity index (χ2v) is 13.3. The highest BCUT2D eigenvalue weighted by Gasteiger charge is 2.13. The van der Waals surface area contributed by atoms with Crippen molar-refractivity contribution in [3.05, 3.63) is 60.8 Å². The maximum absolute atomic E-state index is 12.2. The van der Waals surface area contributed by atoms with E-state index in [0.717, 1.165) is 44.9 Å². The van der Waals surface area contributed by atoms with Gasteiger partial charge in [-0.25, -0.2) is 0 Å². The molecule has 4 heteroatoms. The zero-order valence-electron chi connectivity index (χ0n) is 31.7. The number of ether oxygens (including phenoxy) is 2. The zero-order valence-corrected chi connectivity index (χ0v) is 31.7. The maximum atomic E-state index is 12.2. The van der Waals surface area contributed by atoms with Crippen molar-refractivity contribution in [1.82, 2.24) is 0 Å². The van der Waals surface area contributed by atoms with Gasteiger partial charge in [0.15, 0.2) is 0 Å². The monoisotopic (exact) mass is 671 g/mol. The predicted molar refractivity (Wildman–Crippen MR) is 209 cm³/mol. The van der Waals surface area contributed by atoms with Crippen molar-refractivity contribution in [2.45, 2.75) is 193 Å². The standard InChI is InChI=1S/C44H78O4/c1-3-5-7-9-11-13-15-17-18-19-20-21-22-23-24-25-26-27-29-31-33-35-37-39-44(46)48-43(41-45)42-47-40-38-36-34-32-30-28-16-14-12-10-8-6-4-2/h5,7,11-14,17-18,20-21,43,45H,3-4,6,8-10,15-16,19,22-42H2,1-2H3/b7-5-,13-11-,14-12-,18-17-,21-20-. The lowest BCUT2D eigenvalue weighted by molar-refractivity contribution is -0.154. The summed E-state index contributed by atoms with van der Waals surface area (Å²) in [5.41, 5.74) is 0. The minimum atomic E-state index is -0.540. The fourth-order valence-electron chi connectivity index (χ4n) is 5.55. The van der Waals surface area contributed by atoms with Gasteiger partial charge in [0.25, 0.3) is 0 Å². The molecule has 0 spiro atoms. The molecule has 0 saturated heterocycles. The number of rotatable bonds is 37. The molecule has 0 aromatic heterocycles. The highest BCUT2D eigenvalue weighted by atomic mass is 16.6. The topological polar surface area (TPSA) is 55.8 Å². The minimum absolute atomic E-state index is 0.177. The molecule has 0 fully saturated rings. The van der Waals surface area contributed by atoms with Crippen LogP contribution in [0.3, 0.4) is 0 Å². The summed E-state index contributed by atoms with van der Waals surface area (Å²) in [7, 11) is 0. The van der Waals surface area contributed by atoms with Crippen LogP contribution < -0.4 is 0 Å². The third-order valence-electron chi connectivity index (χ3n) is 8.58. The van der Waals surface area contributed by atoms with Crippen LogP contribution in [-0.4, -0.2) is 37.0 Å². The van der Waals surface area contributed by atoms with Crippen LogP contribution in [0.4, 0.5) is 0 Å². The molecule has 0 heterocycles. The second kappa shape index (κ2) is 41.3. The molecule has 278 valence electrons. The van der Waals surface area contributed by atoms with Gasteiger partial charge in [-0.15, -0.1) is 0 Å². The highest BCUT2D eigenvalue weighted by molar-refractivity contribution is 5.69. The molecule has 48 heavy (non-hydrogen) atoms. The van der Waals surface area contributed by atoms with E-state index in [9.17, 15) is 9.90 Å². The summed E-state index contributed by atoms with van der Waals surface area (Å²) in [6.07, 6.45) is 54.1. The quantitative estimate of drug-likeness (QED) is 0.0406. The van der Waals surface area contributed by atoms with Crippen molar-refractivity contribution in [2.75, 3.05) is 19.8 Å². The molecule has 0 aromatic carbocycles. The summed E-state index contributed by atoms with van der Waals surface area (Å²) in [5, 5.41) is 9.58. The Hall–Kier alpha value is -1.91. The third kappa shape index (κ3) is 38.5. The lowest BCUT2D eigenvalue weighted by Gasteiger charge is -2.15. The fourth-order valence-corrected chi connectivity index (χ4v) is 5.55. The van der Waals surface area contributed by atoms with E-state index in [0.29, 0.717) is 13.0 Å². The molecule has 0 rings (SSSR count). The summed E-state index contributed by atoms with van der Waals surface area (Å²) in [5.74, 6) is -0.210. The van der Waals surface area contributed by atoms with Crippen LogP contribution in [0, 0.1) is 0 Å². The Labute approximate surface area is 298 Å². The minimum Gasteiger partial charge on any atom is -0.457 e. The lowest BCUT2D eigenvalue weighted by Crippen LogP contribution is -2.27. The Morgan fingerprint density at radius 2 is 0.938 bits per heavy atom. The molecule has 1 N–H and O–H groups in total. The molecule has 4 nitrogen and oxygen atoms in total. The van der Waals surface area contributed by atoms with Gasteiger partial charge >= 0.3 is 5.97 Å². The number of hydrogen-bond acceptors (Lipinski definition) is 4. The van der Waals surface area contributed by atoms with E-state index in [4.69, 9.17) is 9.47 Å². The first-order chi connectivity index (χ1) is 23.7. The summed E-state index contributed by atoms with van der Waals surface area (Å²) < 4.78 is 11.1. The highest BCUT2D eigenvalue weighted by Crippen LogP contribution is 2.13. The number of unbranched alkanes of at least 4 members (excludes halogenated alkanes) is 19. The van der Waals surface area contributed by atoms with Crippen LogP contribution in [0.25, 0.3) is 0 Å². The second-order valence-electron chi connectivity index (χ2n) is 13.3. The smallest absolute Gasteiger partial charge is 0.306 e. The fraction of sp³-hybridized carbons (Fsp3) is 0.750. The van der Waals surface area contributed by atoms with E-state index in [-0.39, 0.29) is 19.2 Å². The van der Waals surface area contributed by atoms with E-state index in [1.165, 1.54) is 122 Å². The molecular weight excluding hydrogens is 592 g/mol. The molecule has 0 saturated carbocycles. The molecule has 1 atom stereocenters. The van der Waals surface area contributed by atoms with Crippen molar-refractivity contribution >= 4 is 5.97 Å².